The Bertz CT molecular complexity index is 126. The largest absolute Gasteiger partial charge is 0.330 e. The van der Waals surface area contributed by atoms with Crippen molar-refractivity contribution in [1.82, 2.24) is 0 Å². The van der Waals surface area contributed by atoms with Crippen LogP contribution in [0.4, 0.5) is 0 Å². The Morgan fingerprint density at radius 2 is 2.38 bits per heavy atom. The van der Waals surface area contributed by atoms with Gasteiger partial charge in [-0.15, -0.1) is 0 Å². The molecule has 0 aromatic carbocycles. The third-order valence-corrected chi connectivity index (χ3v) is 1.74. The molecule has 1 atom stereocenters. The molecule has 1 heteroatoms. The minimum absolute atomic E-state index is 0.351. The van der Waals surface area contributed by atoms with E-state index >= 15 is 0 Å². The first-order chi connectivity index (χ1) is 3.66. The maximum Gasteiger partial charge on any atom is 0.00156 e. The molecule has 0 spiro atoms. The summed E-state index contributed by atoms with van der Waals surface area (Å²) < 4.78 is 0. The number of hydrogen-bond donors (Lipinski definition) is 1. The third-order valence-electron chi connectivity index (χ3n) is 1.74. The van der Waals surface area contributed by atoms with Gasteiger partial charge in [-0.05, 0) is 13.3 Å². The van der Waals surface area contributed by atoms with Gasteiger partial charge in [0.1, 0.15) is 0 Å². The summed E-state index contributed by atoms with van der Waals surface area (Å²) in [6, 6.07) is 0. The van der Waals surface area contributed by atoms with Gasteiger partial charge >= 0.3 is 0 Å². The van der Waals surface area contributed by atoms with Crippen molar-refractivity contribution in [2.24, 2.45) is 11.1 Å². The topological polar surface area (TPSA) is 26.0 Å². The standard InChI is InChI=1S/C7H13N/c1-6-3-7(2,4-6)5-8/h3H,4-5,8H2,1-2H3. The average Bonchev–Trinajstić information content (AvgIpc) is 1.63. The normalized spacial score (nSPS) is 36.1. The summed E-state index contributed by atoms with van der Waals surface area (Å²) in [7, 11) is 0. The molecule has 0 radical (unpaired) electrons. The van der Waals surface area contributed by atoms with Crippen LogP contribution in [0.5, 0.6) is 0 Å². The summed E-state index contributed by atoms with van der Waals surface area (Å²) in [5.41, 5.74) is 7.32. The molecule has 0 aromatic rings. The lowest BCUT2D eigenvalue weighted by molar-refractivity contribution is 0.386. The van der Waals surface area contributed by atoms with Crippen molar-refractivity contribution in [3.63, 3.8) is 0 Å². The molecule has 46 valence electrons. The predicted octanol–water partition coefficient (Wildman–Crippen LogP) is 1.30. The van der Waals surface area contributed by atoms with Crippen LogP contribution < -0.4 is 5.73 Å². The molecule has 0 bridgehead atoms. The molecule has 1 rings (SSSR count). The predicted molar refractivity (Wildman–Crippen MR) is 35.5 cm³/mol. The Morgan fingerprint density at radius 3 is 2.50 bits per heavy atom. The number of rotatable bonds is 1. The smallest absolute Gasteiger partial charge is 0.00156 e. The van der Waals surface area contributed by atoms with Gasteiger partial charge in [-0.3, -0.25) is 0 Å². The van der Waals surface area contributed by atoms with Gasteiger partial charge in [-0.25, -0.2) is 0 Å². The third kappa shape index (κ3) is 0.781. The van der Waals surface area contributed by atoms with Crippen molar-refractivity contribution in [3.8, 4) is 0 Å². The fourth-order valence-electron chi connectivity index (χ4n) is 1.33. The first-order valence-electron chi connectivity index (χ1n) is 3.05. The van der Waals surface area contributed by atoms with E-state index in [4.69, 9.17) is 5.73 Å². The lowest BCUT2D eigenvalue weighted by atomic mass is 9.73. The highest BCUT2D eigenvalue weighted by Crippen LogP contribution is 2.36. The van der Waals surface area contributed by atoms with E-state index in [1.165, 1.54) is 12.0 Å². The van der Waals surface area contributed by atoms with Crippen molar-refractivity contribution < 1.29 is 0 Å². The molecular formula is C7H13N. The van der Waals surface area contributed by atoms with Crippen LogP contribution in [0.3, 0.4) is 0 Å². The van der Waals surface area contributed by atoms with Crippen LogP contribution in [0.15, 0.2) is 11.6 Å². The molecule has 1 unspecified atom stereocenters. The van der Waals surface area contributed by atoms with Gasteiger partial charge in [-0.1, -0.05) is 18.6 Å². The van der Waals surface area contributed by atoms with Crippen molar-refractivity contribution >= 4 is 0 Å². The molecular weight excluding hydrogens is 98.1 g/mol. The SMILES string of the molecule is CC1=CC(C)(CN)C1. The van der Waals surface area contributed by atoms with Crippen molar-refractivity contribution in [3.05, 3.63) is 11.6 Å². The summed E-state index contributed by atoms with van der Waals surface area (Å²) in [5.74, 6) is 0. The van der Waals surface area contributed by atoms with Crippen molar-refractivity contribution in [1.29, 1.82) is 0 Å². The summed E-state index contributed by atoms with van der Waals surface area (Å²) >= 11 is 0. The van der Waals surface area contributed by atoms with Gasteiger partial charge in [0.15, 0.2) is 0 Å². The summed E-state index contributed by atoms with van der Waals surface area (Å²) in [6.07, 6.45) is 3.45. The van der Waals surface area contributed by atoms with Crippen LogP contribution in [0, 0.1) is 5.41 Å². The van der Waals surface area contributed by atoms with E-state index in [-0.39, 0.29) is 0 Å². The number of nitrogens with two attached hydrogens (primary N) is 1. The van der Waals surface area contributed by atoms with Crippen LogP contribution in [0.1, 0.15) is 20.3 Å². The molecule has 0 aliphatic heterocycles. The average molecular weight is 111 g/mol. The molecule has 1 aliphatic carbocycles. The van der Waals surface area contributed by atoms with E-state index in [0.717, 1.165) is 6.54 Å². The fourth-order valence-corrected chi connectivity index (χ4v) is 1.33. The maximum atomic E-state index is 5.49. The Labute approximate surface area is 50.6 Å². The van der Waals surface area contributed by atoms with E-state index in [2.05, 4.69) is 19.9 Å². The zero-order valence-corrected chi connectivity index (χ0v) is 5.57. The molecule has 0 saturated heterocycles. The van der Waals surface area contributed by atoms with Gasteiger partial charge in [0.2, 0.25) is 0 Å². The van der Waals surface area contributed by atoms with Crippen LogP contribution in [-0.2, 0) is 0 Å². The van der Waals surface area contributed by atoms with Crippen LogP contribution >= 0.6 is 0 Å². The van der Waals surface area contributed by atoms with E-state index < -0.39 is 0 Å². The molecule has 0 amide bonds. The van der Waals surface area contributed by atoms with Gasteiger partial charge in [0.05, 0.1) is 0 Å². The monoisotopic (exact) mass is 111 g/mol. The van der Waals surface area contributed by atoms with E-state index in [9.17, 15) is 0 Å². The highest BCUT2D eigenvalue weighted by molar-refractivity contribution is 5.20. The molecule has 0 saturated carbocycles. The van der Waals surface area contributed by atoms with Crippen molar-refractivity contribution in [2.75, 3.05) is 6.54 Å². The van der Waals surface area contributed by atoms with E-state index in [1.54, 1.807) is 0 Å². The van der Waals surface area contributed by atoms with Gasteiger partial charge in [-0.2, -0.15) is 0 Å². The Morgan fingerprint density at radius 1 is 1.88 bits per heavy atom. The molecule has 2 N–H and O–H groups in total. The molecule has 1 nitrogen and oxygen atoms in total. The highest BCUT2D eigenvalue weighted by Gasteiger charge is 2.27. The van der Waals surface area contributed by atoms with Crippen LogP contribution in [0.25, 0.3) is 0 Å². The number of hydrogen-bond acceptors (Lipinski definition) is 1. The minimum Gasteiger partial charge on any atom is -0.330 e. The lowest BCUT2D eigenvalue weighted by Gasteiger charge is -2.33. The quantitative estimate of drug-likeness (QED) is 0.507. The molecule has 1 aliphatic rings. The molecule has 0 aromatic heterocycles. The summed E-state index contributed by atoms with van der Waals surface area (Å²) in [5, 5.41) is 0. The molecule has 0 fully saturated rings. The Balaban J connectivity index is 2.54. The maximum absolute atomic E-state index is 5.49. The summed E-state index contributed by atoms with van der Waals surface area (Å²) in [6.45, 7) is 5.14. The van der Waals surface area contributed by atoms with Gasteiger partial charge in [0, 0.05) is 12.0 Å². The fraction of sp³-hybridized carbons (Fsp3) is 0.714. The Hall–Kier alpha value is -0.300. The first kappa shape index (κ1) is 5.83. The second-order valence-corrected chi connectivity index (χ2v) is 3.03. The van der Waals surface area contributed by atoms with Gasteiger partial charge < -0.3 is 5.73 Å². The highest BCUT2D eigenvalue weighted by atomic mass is 14.6. The summed E-state index contributed by atoms with van der Waals surface area (Å²) in [4.78, 5) is 0. The van der Waals surface area contributed by atoms with Crippen LogP contribution in [0.2, 0.25) is 0 Å². The Kier molecular flexibility index (Phi) is 1.16. The van der Waals surface area contributed by atoms with Crippen LogP contribution in [-0.4, -0.2) is 6.54 Å². The zero-order valence-electron chi connectivity index (χ0n) is 5.57. The van der Waals surface area contributed by atoms with E-state index in [1.807, 2.05) is 0 Å². The molecule has 8 heavy (non-hydrogen) atoms. The second kappa shape index (κ2) is 1.59. The molecule has 0 heterocycles. The number of allylic oxidation sites excluding steroid dienone is 1. The lowest BCUT2D eigenvalue weighted by Crippen LogP contribution is -2.31. The second-order valence-electron chi connectivity index (χ2n) is 3.03. The van der Waals surface area contributed by atoms with E-state index in [0.29, 0.717) is 5.41 Å². The van der Waals surface area contributed by atoms with Gasteiger partial charge in [0.25, 0.3) is 0 Å². The zero-order chi connectivity index (χ0) is 6.20. The minimum atomic E-state index is 0.351. The van der Waals surface area contributed by atoms with Crippen molar-refractivity contribution in [2.45, 2.75) is 20.3 Å². The first-order valence-corrected chi connectivity index (χ1v) is 3.05.